The largest absolute Gasteiger partial charge is 0.469 e. The number of hydrogen-bond donors (Lipinski definition) is 0. The Hall–Kier alpha value is -0.860. The van der Waals surface area contributed by atoms with Gasteiger partial charge >= 0.3 is 5.97 Å². The van der Waals surface area contributed by atoms with E-state index in [1.54, 1.807) is 0 Å². The predicted molar refractivity (Wildman–Crippen MR) is 64.2 cm³/mol. The smallest absolute Gasteiger partial charge is 0.306 e. The first-order valence-corrected chi connectivity index (χ1v) is 6.25. The lowest BCUT2D eigenvalue weighted by Crippen LogP contribution is -2.18. The van der Waals surface area contributed by atoms with Crippen molar-refractivity contribution in [3.8, 4) is 0 Å². The standard InChI is InChI=1S/C13H24O3/c1-4-6-7-8-9-11(12(14)5-2)10-13(15)16-3/h11H,4-10H2,1-3H3. The second-order valence-corrected chi connectivity index (χ2v) is 4.15. The van der Waals surface area contributed by atoms with E-state index in [2.05, 4.69) is 11.7 Å². The summed E-state index contributed by atoms with van der Waals surface area (Å²) in [4.78, 5) is 22.8. The van der Waals surface area contributed by atoms with E-state index in [9.17, 15) is 9.59 Å². The number of hydrogen-bond acceptors (Lipinski definition) is 3. The number of rotatable bonds is 9. The van der Waals surface area contributed by atoms with Crippen LogP contribution in [0.15, 0.2) is 0 Å². The first kappa shape index (κ1) is 15.1. The molecule has 0 aliphatic rings. The highest BCUT2D eigenvalue weighted by atomic mass is 16.5. The molecule has 0 heterocycles. The number of ether oxygens (including phenoxy) is 1. The van der Waals surface area contributed by atoms with Crippen molar-refractivity contribution in [3.05, 3.63) is 0 Å². The second-order valence-electron chi connectivity index (χ2n) is 4.15. The van der Waals surface area contributed by atoms with Gasteiger partial charge in [-0.25, -0.2) is 0 Å². The number of methoxy groups -OCH3 is 1. The van der Waals surface area contributed by atoms with Crippen molar-refractivity contribution in [2.75, 3.05) is 7.11 Å². The maximum Gasteiger partial charge on any atom is 0.306 e. The van der Waals surface area contributed by atoms with E-state index in [-0.39, 0.29) is 24.1 Å². The number of carbonyl (C=O) groups excluding carboxylic acids is 2. The Labute approximate surface area is 98.6 Å². The molecule has 0 fully saturated rings. The lowest BCUT2D eigenvalue weighted by atomic mass is 9.92. The molecule has 1 atom stereocenters. The van der Waals surface area contributed by atoms with Crippen LogP contribution >= 0.6 is 0 Å². The average Bonchev–Trinajstić information content (AvgIpc) is 2.31. The molecular weight excluding hydrogens is 204 g/mol. The number of unbranched alkanes of at least 4 members (excludes halogenated alkanes) is 3. The normalized spacial score (nSPS) is 12.2. The Morgan fingerprint density at radius 3 is 2.31 bits per heavy atom. The highest BCUT2D eigenvalue weighted by Crippen LogP contribution is 2.17. The molecule has 0 aliphatic heterocycles. The molecule has 0 N–H and O–H groups in total. The van der Waals surface area contributed by atoms with Crippen LogP contribution in [-0.2, 0) is 14.3 Å². The van der Waals surface area contributed by atoms with E-state index >= 15 is 0 Å². The Morgan fingerprint density at radius 1 is 1.12 bits per heavy atom. The fourth-order valence-corrected chi connectivity index (χ4v) is 1.77. The lowest BCUT2D eigenvalue weighted by Gasteiger charge is -2.13. The van der Waals surface area contributed by atoms with E-state index in [0.29, 0.717) is 6.42 Å². The molecule has 0 rings (SSSR count). The Morgan fingerprint density at radius 2 is 1.81 bits per heavy atom. The van der Waals surface area contributed by atoms with Crippen molar-refractivity contribution in [1.29, 1.82) is 0 Å². The Bertz CT molecular complexity index is 211. The zero-order chi connectivity index (χ0) is 12.4. The molecule has 0 spiro atoms. The van der Waals surface area contributed by atoms with E-state index in [0.717, 1.165) is 19.3 Å². The van der Waals surface area contributed by atoms with Crippen molar-refractivity contribution < 1.29 is 14.3 Å². The van der Waals surface area contributed by atoms with Gasteiger partial charge in [-0.3, -0.25) is 9.59 Å². The third-order valence-corrected chi connectivity index (χ3v) is 2.85. The molecule has 0 aromatic rings. The summed E-state index contributed by atoms with van der Waals surface area (Å²) in [5.74, 6) is -0.224. The molecule has 0 aliphatic carbocycles. The third-order valence-electron chi connectivity index (χ3n) is 2.85. The number of ketones is 1. The zero-order valence-electron chi connectivity index (χ0n) is 10.8. The van der Waals surface area contributed by atoms with E-state index in [1.807, 2.05) is 6.92 Å². The van der Waals surface area contributed by atoms with Crippen LogP contribution in [0.1, 0.15) is 58.8 Å². The van der Waals surface area contributed by atoms with E-state index in [4.69, 9.17) is 0 Å². The van der Waals surface area contributed by atoms with Crippen LogP contribution in [0.4, 0.5) is 0 Å². The van der Waals surface area contributed by atoms with Crippen molar-refractivity contribution in [1.82, 2.24) is 0 Å². The SMILES string of the molecule is CCCCCCC(CC(=O)OC)C(=O)CC. The summed E-state index contributed by atoms with van der Waals surface area (Å²) >= 11 is 0. The molecule has 0 radical (unpaired) electrons. The van der Waals surface area contributed by atoms with Crippen molar-refractivity contribution in [2.24, 2.45) is 5.92 Å². The predicted octanol–water partition coefficient (Wildman–Crippen LogP) is 3.12. The molecular formula is C13H24O3. The van der Waals surface area contributed by atoms with E-state index < -0.39 is 0 Å². The summed E-state index contributed by atoms with van der Waals surface area (Å²) in [5, 5.41) is 0. The molecule has 3 nitrogen and oxygen atoms in total. The van der Waals surface area contributed by atoms with Crippen LogP contribution in [0.25, 0.3) is 0 Å². The van der Waals surface area contributed by atoms with Crippen LogP contribution < -0.4 is 0 Å². The number of esters is 1. The van der Waals surface area contributed by atoms with Gasteiger partial charge in [0, 0.05) is 12.3 Å². The van der Waals surface area contributed by atoms with Crippen LogP contribution in [0.3, 0.4) is 0 Å². The summed E-state index contributed by atoms with van der Waals surface area (Å²) < 4.78 is 4.61. The Kier molecular flexibility index (Phi) is 8.87. The molecule has 0 aromatic carbocycles. The van der Waals surface area contributed by atoms with Gasteiger partial charge < -0.3 is 4.74 Å². The van der Waals surface area contributed by atoms with Gasteiger partial charge in [-0.2, -0.15) is 0 Å². The van der Waals surface area contributed by atoms with Crippen molar-refractivity contribution in [2.45, 2.75) is 58.8 Å². The monoisotopic (exact) mass is 228 g/mol. The van der Waals surface area contributed by atoms with Gasteiger partial charge in [0.2, 0.25) is 0 Å². The van der Waals surface area contributed by atoms with Gasteiger partial charge in [-0.15, -0.1) is 0 Å². The minimum atomic E-state index is -0.276. The topological polar surface area (TPSA) is 43.4 Å². The van der Waals surface area contributed by atoms with Gasteiger partial charge in [0.1, 0.15) is 5.78 Å². The van der Waals surface area contributed by atoms with Crippen LogP contribution in [0, 0.1) is 5.92 Å². The highest BCUT2D eigenvalue weighted by molar-refractivity contribution is 5.85. The van der Waals surface area contributed by atoms with Crippen LogP contribution in [0.2, 0.25) is 0 Å². The maximum absolute atomic E-state index is 11.6. The third kappa shape index (κ3) is 6.59. The summed E-state index contributed by atoms with van der Waals surface area (Å²) in [6, 6.07) is 0. The summed E-state index contributed by atoms with van der Waals surface area (Å²) in [7, 11) is 1.37. The molecule has 0 amide bonds. The molecule has 1 unspecified atom stereocenters. The fourth-order valence-electron chi connectivity index (χ4n) is 1.77. The first-order valence-electron chi connectivity index (χ1n) is 6.25. The van der Waals surface area contributed by atoms with Gasteiger partial charge in [-0.05, 0) is 6.42 Å². The molecule has 0 saturated heterocycles. The molecule has 0 saturated carbocycles. The summed E-state index contributed by atoms with van der Waals surface area (Å²) in [5.41, 5.74) is 0. The zero-order valence-corrected chi connectivity index (χ0v) is 10.8. The molecule has 3 heteroatoms. The minimum Gasteiger partial charge on any atom is -0.469 e. The minimum absolute atomic E-state index is 0.130. The number of carbonyl (C=O) groups is 2. The van der Waals surface area contributed by atoms with E-state index in [1.165, 1.54) is 20.0 Å². The highest BCUT2D eigenvalue weighted by Gasteiger charge is 2.20. The van der Waals surface area contributed by atoms with Gasteiger partial charge in [-0.1, -0.05) is 39.5 Å². The molecule has 0 aromatic heterocycles. The van der Waals surface area contributed by atoms with Gasteiger partial charge in [0.15, 0.2) is 0 Å². The van der Waals surface area contributed by atoms with Crippen LogP contribution in [0.5, 0.6) is 0 Å². The van der Waals surface area contributed by atoms with Crippen molar-refractivity contribution in [3.63, 3.8) is 0 Å². The van der Waals surface area contributed by atoms with Gasteiger partial charge in [0.05, 0.1) is 13.5 Å². The van der Waals surface area contributed by atoms with Crippen molar-refractivity contribution >= 4 is 11.8 Å². The second kappa shape index (κ2) is 9.37. The summed E-state index contributed by atoms with van der Waals surface area (Å²) in [6.07, 6.45) is 6.13. The summed E-state index contributed by atoms with van der Waals surface area (Å²) in [6.45, 7) is 4.00. The molecule has 94 valence electrons. The number of Topliss-reactive ketones (excluding diaryl/α,β-unsaturated/α-hetero) is 1. The first-order chi connectivity index (χ1) is 7.65. The van der Waals surface area contributed by atoms with Crippen LogP contribution in [-0.4, -0.2) is 18.9 Å². The quantitative estimate of drug-likeness (QED) is 0.450. The average molecular weight is 228 g/mol. The van der Waals surface area contributed by atoms with Gasteiger partial charge in [0.25, 0.3) is 0 Å². The Balaban J connectivity index is 4.00. The molecule has 16 heavy (non-hydrogen) atoms. The lowest BCUT2D eigenvalue weighted by molar-refractivity contribution is -0.144. The maximum atomic E-state index is 11.6. The fraction of sp³-hybridized carbons (Fsp3) is 0.846. The molecule has 0 bridgehead atoms.